The van der Waals surface area contributed by atoms with Crippen LogP contribution in [0.5, 0.6) is 0 Å². The molecule has 2 aromatic heterocycles. The summed E-state index contributed by atoms with van der Waals surface area (Å²) >= 11 is 1.26. The number of nitrogens with zero attached hydrogens (tertiary/aromatic N) is 5. The third-order valence-electron chi connectivity index (χ3n) is 3.68. The molecule has 1 aliphatic heterocycles. The van der Waals surface area contributed by atoms with Gasteiger partial charge in [0.2, 0.25) is 5.13 Å². The summed E-state index contributed by atoms with van der Waals surface area (Å²) in [6.07, 6.45) is 1.46. The van der Waals surface area contributed by atoms with E-state index in [4.69, 9.17) is 0 Å². The largest absolute Gasteiger partial charge is 0.315 e. The van der Waals surface area contributed by atoms with Crippen molar-refractivity contribution in [3.05, 3.63) is 58.5 Å². The molecule has 0 unspecified atom stereocenters. The molecule has 0 spiro atoms. The Morgan fingerprint density at radius 3 is 2.48 bits per heavy atom. The second-order valence-electron chi connectivity index (χ2n) is 5.41. The monoisotopic (exact) mass is 352 g/mol. The minimum Gasteiger partial charge on any atom is -0.315 e. The van der Waals surface area contributed by atoms with Crippen molar-refractivity contribution in [2.45, 2.75) is 13.5 Å². The van der Waals surface area contributed by atoms with Crippen molar-refractivity contribution >= 4 is 34.1 Å². The van der Waals surface area contributed by atoms with E-state index in [9.17, 15) is 9.59 Å². The Hall–Kier alpha value is -3.20. The predicted molar refractivity (Wildman–Crippen MR) is 90.6 cm³/mol. The summed E-state index contributed by atoms with van der Waals surface area (Å²) in [5.41, 5.74) is 1.67. The van der Waals surface area contributed by atoms with E-state index in [2.05, 4.69) is 25.5 Å². The molecule has 8 nitrogen and oxygen atoms in total. The maximum atomic E-state index is 12.4. The van der Waals surface area contributed by atoms with Crippen LogP contribution in [0.25, 0.3) is 0 Å². The fourth-order valence-corrected chi connectivity index (χ4v) is 3.25. The van der Waals surface area contributed by atoms with Crippen molar-refractivity contribution in [2.75, 3.05) is 5.32 Å². The smallest absolute Gasteiger partial charge is 0.261 e. The van der Waals surface area contributed by atoms with Crippen LogP contribution in [0, 0.1) is 6.92 Å². The van der Waals surface area contributed by atoms with Crippen LogP contribution in [0.1, 0.15) is 31.4 Å². The second kappa shape index (κ2) is 6.02. The van der Waals surface area contributed by atoms with Crippen LogP contribution < -0.4 is 5.32 Å². The molecule has 2 amide bonds. The first kappa shape index (κ1) is 15.3. The number of anilines is 2. The molecule has 25 heavy (non-hydrogen) atoms. The minimum absolute atomic E-state index is 0.0918. The van der Waals surface area contributed by atoms with Crippen LogP contribution in [0.2, 0.25) is 0 Å². The molecule has 3 aromatic rings. The zero-order valence-electron chi connectivity index (χ0n) is 13.1. The van der Waals surface area contributed by atoms with E-state index in [1.165, 1.54) is 22.6 Å². The molecule has 0 saturated carbocycles. The molecule has 0 saturated heterocycles. The molecule has 0 bridgehead atoms. The molecule has 1 aliphatic rings. The zero-order valence-corrected chi connectivity index (χ0v) is 13.9. The fourth-order valence-electron chi connectivity index (χ4n) is 2.52. The number of aromatic nitrogens is 4. The molecule has 9 heteroatoms. The average Bonchev–Trinajstić information content (AvgIpc) is 3.14. The lowest BCUT2D eigenvalue weighted by molar-refractivity contribution is 0.0642. The lowest BCUT2D eigenvalue weighted by Crippen LogP contribution is -2.29. The molecule has 1 N–H and O–H groups in total. The molecular weight excluding hydrogens is 340 g/mol. The van der Waals surface area contributed by atoms with Gasteiger partial charge in [0, 0.05) is 11.8 Å². The van der Waals surface area contributed by atoms with Crippen molar-refractivity contribution in [3.63, 3.8) is 0 Å². The zero-order chi connectivity index (χ0) is 17.4. The Balaban J connectivity index is 1.51. The number of rotatable bonds is 4. The lowest BCUT2D eigenvalue weighted by Gasteiger charge is -2.10. The first-order chi connectivity index (χ1) is 12.1. The van der Waals surface area contributed by atoms with Gasteiger partial charge in [-0.05, 0) is 19.1 Å². The standard InChI is InChI=1S/C16H12N6O2S/c1-9-6-12(18-8-17-9)19-16-21-20-13(25-16)7-22-14(23)10-4-2-3-5-11(10)15(22)24/h2-6,8H,7H2,1H3,(H,17,18,19,21). The first-order valence-electron chi connectivity index (χ1n) is 7.45. The minimum atomic E-state index is -0.309. The highest BCUT2D eigenvalue weighted by atomic mass is 32.1. The van der Waals surface area contributed by atoms with Gasteiger partial charge in [-0.2, -0.15) is 0 Å². The Labute approximate surface area is 146 Å². The number of hydrogen-bond acceptors (Lipinski definition) is 8. The molecule has 1 aromatic carbocycles. The number of carbonyl (C=O) groups is 2. The number of hydrogen-bond donors (Lipinski definition) is 1. The van der Waals surface area contributed by atoms with Gasteiger partial charge in [-0.3, -0.25) is 14.5 Å². The molecule has 0 aliphatic carbocycles. The fraction of sp³-hybridized carbons (Fsp3) is 0.125. The number of aryl methyl sites for hydroxylation is 1. The summed E-state index contributed by atoms with van der Waals surface area (Å²) in [5.74, 6) is -0.00982. The van der Waals surface area contributed by atoms with Crippen LogP contribution >= 0.6 is 11.3 Å². The van der Waals surface area contributed by atoms with Crippen molar-refractivity contribution in [3.8, 4) is 0 Å². The highest BCUT2D eigenvalue weighted by Gasteiger charge is 2.35. The summed E-state index contributed by atoms with van der Waals surface area (Å²) in [4.78, 5) is 34.1. The van der Waals surface area contributed by atoms with Crippen molar-refractivity contribution in [1.82, 2.24) is 25.1 Å². The number of amides is 2. The maximum absolute atomic E-state index is 12.4. The number of fused-ring (bicyclic) bond motifs is 1. The highest BCUT2D eigenvalue weighted by molar-refractivity contribution is 7.15. The van der Waals surface area contributed by atoms with Crippen molar-refractivity contribution < 1.29 is 9.59 Å². The molecular formula is C16H12N6O2S. The van der Waals surface area contributed by atoms with Crippen LogP contribution in [0.15, 0.2) is 36.7 Å². The molecule has 4 rings (SSSR count). The van der Waals surface area contributed by atoms with Gasteiger partial charge in [0.25, 0.3) is 11.8 Å². The third kappa shape index (κ3) is 2.85. The summed E-state index contributed by atoms with van der Waals surface area (Å²) in [7, 11) is 0. The van der Waals surface area contributed by atoms with Crippen LogP contribution in [0.3, 0.4) is 0 Å². The lowest BCUT2D eigenvalue weighted by atomic mass is 10.1. The van der Waals surface area contributed by atoms with E-state index in [1.54, 1.807) is 30.3 Å². The van der Waals surface area contributed by atoms with Gasteiger partial charge in [0.1, 0.15) is 17.2 Å². The highest BCUT2D eigenvalue weighted by Crippen LogP contribution is 2.26. The molecule has 124 valence electrons. The van der Waals surface area contributed by atoms with Gasteiger partial charge in [0.15, 0.2) is 0 Å². The molecule has 0 radical (unpaired) electrons. The average molecular weight is 352 g/mol. The Morgan fingerprint density at radius 2 is 1.80 bits per heavy atom. The Bertz CT molecular complexity index is 951. The first-order valence-corrected chi connectivity index (χ1v) is 8.27. The van der Waals surface area contributed by atoms with E-state index in [0.29, 0.717) is 27.1 Å². The summed E-state index contributed by atoms with van der Waals surface area (Å²) in [5, 5.41) is 12.2. The van der Waals surface area contributed by atoms with Gasteiger partial charge in [-0.25, -0.2) is 9.97 Å². The number of carbonyl (C=O) groups excluding carboxylic acids is 2. The van der Waals surface area contributed by atoms with Crippen LogP contribution in [-0.4, -0.2) is 36.9 Å². The number of benzene rings is 1. The van der Waals surface area contributed by atoms with Gasteiger partial charge >= 0.3 is 0 Å². The van der Waals surface area contributed by atoms with Crippen molar-refractivity contribution in [2.24, 2.45) is 0 Å². The van der Waals surface area contributed by atoms with Gasteiger partial charge in [0.05, 0.1) is 17.7 Å². The predicted octanol–water partition coefficient (Wildman–Crippen LogP) is 2.18. The quantitative estimate of drug-likeness (QED) is 0.718. The number of imide groups is 1. The van der Waals surface area contributed by atoms with Crippen LogP contribution in [0.4, 0.5) is 10.9 Å². The SMILES string of the molecule is Cc1cc(Nc2nnc(CN3C(=O)c4ccccc4C3=O)s2)ncn1. The van der Waals surface area contributed by atoms with Crippen LogP contribution in [-0.2, 0) is 6.54 Å². The molecule has 0 atom stereocenters. The normalized spacial score (nSPS) is 13.2. The van der Waals surface area contributed by atoms with E-state index >= 15 is 0 Å². The Kier molecular flexibility index (Phi) is 3.69. The van der Waals surface area contributed by atoms with E-state index < -0.39 is 0 Å². The summed E-state index contributed by atoms with van der Waals surface area (Å²) in [6.45, 7) is 1.95. The summed E-state index contributed by atoms with van der Waals surface area (Å²) < 4.78 is 0. The topological polar surface area (TPSA) is 101 Å². The van der Waals surface area contributed by atoms with E-state index in [-0.39, 0.29) is 18.4 Å². The summed E-state index contributed by atoms with van der Waals surface area (Å²) in [6, 6.07) is 8.57. The van der Waals surface area contributed by atoms with Gasteiger partial charge < -0.3 is 5.32 Å². The third-order valence-corrected chi connectivity index (χ3v) is 4.50. The second-order valence-corrected chi connectivity index (χ2v) is 6.47. The maximum Gasteiger partial charge on any atom is 0.261 e. The number of nitrogens with one attached hydrogen (secondary N) is 1. The van der Waals surface area contributed by atoms with Crippen molar-refractivity contribution in [1.29, 1.82) is 0 Å². The van der Waals surface area contributed by atoms with Gasteiger partial charge in [-0.15, -0.1) is 10.2 Å². The van der Waals surface area contributed by atoms with E-state index in [1.807, 2.05) is 6.92 Å². The van der Waals surface area contributed by atoms with E-state index in [0.717, 1.165) is 5.69 Å². The molecule has 3 heterocycles. The molecule has 0 fully saturated rings. The van der Waals surface area contributed by atoms with Gasteiger partial charge in [-0.1, -0.05) is 23.5 Å². The Morgan fingerprint density at radius 1 is 1.08 bits per heavy atom.